The lowest BCUT2D eigenvalue weighted by atomic mass is 9.72. The summed E-state index contributed by atoms with van der Waals surface area (Å²) >= 11 is 0. The Morgan fingerprint density at radius 1 is 0.735 bits per heavy atom. The van der Waals surface area contributed by atoms with E-state index in [9.17, 15) is 0 Å². The Labute approximate surface area is 215 Å². The van der Waals surface area contributed by atoms with E-state index < -0.39 is 0 Å². The number of unbranched alkanes of at least 4 members (excludes halogenated alkanes) is 3. The number of allylic oxidation sites excluding steroid dienone is 2. The van der Waals surface area contributed by atoms with Crippen LogP contribution in [0.15, 0.2) is 11.6 Å². The van der Waals surface area contributed by atoms with Crippen LogP contribution in [0.4, 0.5) is 0 Å². The van der Waals surface area contributed by atoms with Crippen LogP contribution in [0.25, 0.3) is 0 Å². The smallest absolute Gasteiger partial charge is 0.0172 e. The Kier molecular flexibility index (Phi) is 13.1. The Morgan fingerprint density at radius 3 is 2.00 bits per heavy atom. The minimum atomic E-state index is 0.949. The number of hydrogen-bond donors (Lipinski definition) is 0. The number of hydrogen-bond acceptors (Lipinski definition) is 0. The van der Waals surface area contributed by atoms with E-state index in [4.69, 9.17) is 0 Å². The van der Waals surface area contributed by atoms with Gasteiger partial charge in [-0.2, -0.15) is 0 Å². The van der Waals surface area contributed by atoms with Gasteiger partial charge < -0.3 is 0 Å². The van der Waals surface area contributed by atoms with Crippen LogP contribution in [-0.4, -0.2) is 0 Å². The molecule has 3 saturated carbocycles. The zero-order valence-corrected chi connectivity index (χ0v) is 24.0. The quantitative estimate of drug-likeness (QED) is 0.232. The topological polar surface area (TPSA) is 0 Å². The van der Waals surface area contributed by atoms with E-state index >= 15 is 0 Å². The van der Waals surface area contributed by atoms with Gasteiger partial charge in [0.05, 0.1) is 0 Å². The van der Waals surface area contributed by atoms with Gasteiger partial charge in [0.25, 0.3) is 0 Å². The second kappa shape index (κ2) is 15.8. The first-order valence-electron chi connectivity index (χ1n) is 16.3. The van der Waals surface area contributed by atoms with Gasteiger partial charge in [-0.15, -0.1) is 0 Å². The molecule has 3 fully saturated rings. The predicted octanol–water partition coefficient (Wildman–Crippen LogP) is 11.5. The summed E-state index contributed by atoms with van der Waals surface area (Å²) in [7, 11) is 0. The first-order chi connectivity index (χ1) is 16.6. The highest BCUT2D eigenvalue weighted by Crippen LogP contribution is 2.47. The molecule has 3 unspecified atom stereocenters. The summed E-state index contributed by atoms with van der Waals surface area (Å²) in [5.74, 6) is 7.12. The molecule has 4 rings (SSSR count). The molecule has 198 valence electrons. The van der Waals surface area contributed by atoms with Crippen molar-refractivity contribution < 1.29 is 0 Å². The third kappa shape index (κ3) is 9.00. The average Bonchev–Trinajstić information content (AvgIpc) is 3.28. The van der Waals surface area contributed by atoms with Crippen LogP contribution in [-0.2, 0) is 0 Å². The molecule has 0 heterocycles. The lowest BCUT2D eigenvalue weighted by Crippen LogP contribution is -2.22. The van der Waals surface area contributed by atoms with E-state index in [0.29, 0.717) is 0 Å². The molecule has 0 nitrogen and oxygen atoms in total. The standard InChI is InChI=1S/C19H32.C15H30/c1-14-8-10-17(11-9-14)19-13-18(12-15(19)2)16-6-4-3-5-7-16;1-3-5-6-8-11-14(4-2)15-12-9-7-10-13-15/h12,14,16-19H,3-11,13H2,1-2H3;14-15H,3-13H2,1-2H3. The minimum absolute atomic E-state index is 0.949. The van der Waals surface area contributed by atoms with Crippen LogP contribution in [0.5, 0.6) is 0 Å². The van der Waals surface area contributed by atoms with Crippen molar-refractivity contribution in [2.45, 2.75) is 163 Å². The van der Waals surface area contributed by atoms with Crippen LogP contribution in [0, 0.1) is 41.4 Å². The van der Waals surface area contributed by atoms with Crippen LogP contribution in [0.3, 0.4) is 0 Å². The average molecular weight is 471 g/mol. The maximum absolute atomic E-state index is 2.69. The van der Waals surface area contributed by atoms with Crippen molar-refractivity contribution in [2.24, 2.45) is 41.4 Å². The molecule has 0 N–H and O–H groups in total. The third-order valence-electron chi connectivity index (χ3n) is 10.7. The van der Waals surface area contributed by atoms with Gasteiger partial charge in [0.15, 0.2) is 0 Å². The summed E-state index contributed by atoms with van der Waals surface area (Å²) in [4.78, 5) is 0. The van der Waals surface area contributed by atoms with E-state index in [0.717, 1.165) is 41.4 Å². The molecule has 0 aromatic heterocycles. The molecule has 4 aliphatic rings. The minimum Gasteiger partial charge on any atom is -0.0819 e. The normalized spacial score (nSPS) is 32.1. The molecule has 0 aliphatic heterocycles. The van der Waals surface area contributed by atoms with E-state index in [-0.39, 0.29) is 0 Å². The predicted molar refractivity (Wildman–Crippen MR) is 152 cm³/mol. The van der Waals surface area contributed by atoms with Crippen molar-refractivity contribution >= 4 is 0 Å². The highest BCUT2D eigenvalue weighted by atomic mass is 14.4. The van der Waals surface area contributed by atoms with Gasteiger partial charge in [0.2, 0.25) is 0 Å². The van der Waals surface area contributed by atoms with Crippen LogP contribution >= 0.6 is 0 Å². The molecule has 3 atom stereocenters. The molecule has 0 amide bonds. The van der Waals surface area contributed by atoms with Crippen molar-refractivity contribution in [3.8, 4) is 0 Å². The second-order valence-corrected chi connectivity index (χ2v) is 13.3. The van der Waals surface area contributed by atoms with E-state index in [1.54, 1.807) is 5.57 Å². The third-order valence-corrected chi connectivity index (χ3v) is 10.7. The van der Waals surface area contributed by atoms with Crippen molar-refractivity contribution in [1.82, 2.24) is 0 Å². The molecular formula is C34H62. The Hall–Kier alpha value is -0.260. The molecule has 0 saturated heterocycles. The van der Waals surface area contributed by atoms with E-state index in [1.165, 1.54) is 135 Å². The van der Waals surface area contributed by atoms with Crippen molar-refractivity contribution in [1.29, 1.82) is 0 Å². The van der Waals surface area contributed by atoms with Crippen molar-refractivity contribution in [3.05, 3.63) is 11.6 Å². The summed E-state index contributed by atoms with van der Waals surface area (Å²) in [6.45, 7) is 9.58. The molecule has 34 heavy (non-hydrogen) atoms. The van der Waals surface area contributed by atoms with Gasteiger partial charge in [0.1, 0.15) is 0 Å². The summed E-state index contributed by atoms with van der Waals surface area (Å²) in [5, 5.41) is 0. The lowest BCUT2D eigenvalue weighted by molar-refractivity contribution is 0.202. The molecule has 0 spiro atoms. The SMILES string of the molecule is CC1=CC(C2CCCCC2)CC1C1CCC(C)CC1.CCCCCCC(CC)C1CCCCC1. The monoisotopic (exact) mass is 470 g/mol. The maximum Gasteiger partial charge on any atom is -0.0172 e. The van der Waals surface area contributed by atoms with E-state index in [2.05, 4.69) is 33.8 Å². The fourth-order valence-corrected chi connectivity index (χ4v) is 8.36. The van der Waals surface area contributed by atoms with Crippen molar-refractivity contribution in [2.75, 3.05) is 0 Å². The molecule has 0 bridgehead atoms. The van der Waals surface area contributed by atoms with Gasteiger partial charge in [-0.05, 0) is 80.5 Å². The van der Waals surface area contributed by atoms with Gasteiger partial charge in [-0.3, -0.25) is 0 Å². The van der Waals surface area contributed by atoms with Gasteiger partial charge in [-0.25, -0.2) is 0 Å². The fourth-order valence-electron chi connectivity index (χ4n) is 8.36. The van der Waals surface area contributed by atoms with Crippen molar-refractivity contribution in [3.63, 3.8) is 0 Å². The summed E-state index contributed by atoms with van der Waals surface area (Å²) in [5.41, 5.74) is 1.76. The van der Waals surface area contributed by atoms with Crippen LogP contribution < -0.4 is 0 Å². The largest absolute Gasteiger partial charge is 0.0819 e. The highest BCUT2D eigenvalue weighted by molar-refractivity contribution is 5.16. The Bertz CT molecular complexity index is 538. The molecule has 0 aromatic rings. The fraction of sp³-hybridized carbons (Fsp3) is 0.941. The molecular weight excluding hydrogens is 408 g/mol. The molecule has 0 heteroatoms. The molecule has 4 aliphatic carbocycles. The highest BCUT2D eigenvalue weighted by Gasteiger charge is 2.35. The molecule has 0 aromatic carbocycles. The Balaban J connectivity index is 0.000000197. The Morgan fingerprint density at radius 2 is 1.38 bits per heavy atom. The van der Waals surface area contributed by atoms with Gasteiger partial charge in [0, 0.05) is 0 Å². The first kappa shape index (κ1) is 28.3. The summed E-state index contributed by atoms with van der Waals surface area (Å²) in [6, 6.07) is 0. The van der Waals surface area contributed by atoms with Gasteiger partial charge in [-0.1, -0.05) is 135 Å². The lowest BCUT2D eigenvalue weighted by Gasteiger charge is -2.33. The summed E-state index contributed by atoms with van der Waals surface area (Å²) < 4.78 is 0. The first-order valence-corrected chi connectivity index (χ1v) is 16.3. The molecule has 0 radical (unpaired) electrons. The zero-order chi connectivity index (χ0) is 24.2. The van der Waals surface area contributed by atoms with Gasteiger partial charge >= 0.3 is 0 Å². The zero-order valence-electron chi connectivity index (χ0n) is 24.0. The second-order valence-electron chi connectivity index (χ2n) is 13.3. The van der Waals surface area contributed by atoms with E-state index in [1.807, 2.05) is 0 Å². The van der Waals surface area contributed by atoms with Crippen LogP contribution in [0.1, 0.15) is 163 Å². The maximum atomic E-state index is 2.69. The summed E-state index contributed by atoms with van der Waals surface area (Å²) in [6.07, 6.45) is 34.0. The number of rotatable bonds is 9. The van der Waals surface area contributed by atoms with Crippen LogP contribution in [0.2, 0.25) is 0 Å².